The molecule has 0 bridgehead atoms. The van der Waals surface area contributed by atoms with Crippen LogP contribution in [0.2, 0.25) is 13.7 Å². The van der Waals surface area contributed by atoms with E-state index in [1.165, 1.54) is 17.5 Å². The lowest BCUT2D eigenvalue weighted by Gasteiger charge is -2.13. The van der Waals surface area contributed by atoms with Gasteiger partial charge < -0.3 is 9.84 Å². The summed E-state index contributed by atoms with van der Waals surface area (Å²) < 4.78 is 7.54. The fraction of sp³-hybridized carbons (Fsp3) is 0.364. The molecule has 0 saturated carbocycles. The number of rotatable bonds is 5. The van der Waals surface area contributed by atoms with Gasteiger partial charge in [0.05, 0.1) is 34.4 Å². The van der Waals surface area contributed by atoms with Crippen LogP contribution in [0.25, 0.3) is 0 Å². The lowest BCUT2D eigenvalue weighted by molar-refractivity contribution is 0.171. The Hall–Kier alpha value is -0.300. The summed E-state index contributed by atoms with van der Waals surface area (Å²) in [6, 6.07) is 1.63. The molecule has 0 aliphatic rings. The second-order valence-electron chi connectivity index (χ2n) is 3.78. The number of hydrogen-bond donors (Lipinski definition) is 1. The number of methoxy groups -OCH3 is 1. The van der Waals surface area contributed by atoms with Crippen molar-refractivity contribution in [2.75, 3.05) is 13.7 Å². The molecule has 0 radical (unpaired) electrons. The molecule has 104 valence electrons. The molecule has 1 N–H and O–H groups in total. The summed E-state index contributed by atoms with van der Waals surface area (Å²) in [7, 11) is 1.59. The van der Waals surface area contributed by atoms with Crippen LogP contribution in [0.1, 0.15) is 17.4 Å². The van der Waals surface area contributed by atoms with Crippen LogP contribution < -0.4 is 0 Å². The number of aliphatic hydroxyl groups is 1. The van der Waals surface area contributed by atoms with Crippen molar-refractivity contribution < 1.29 is 9.84 Å². The maximum absolute atomic E-state index is 10.4. The Morgan fingerprint density at radius 3 is 2.79 bits per heavy atom. The number of aliphatic hydroxyl groups excluding tert-OH is 1. The Morgan fingerprint density at radius 2 is 2.21 bits per heavy atom. The monoisotopic (exact) mass is 340 g/mol. The van der Waals surface area contributed by atoms with Gasteiger partial charge in [-0.15, -0.1) is 11.3 Å². The molecule has 0 aliphatic heterocycles. The first-order valence-electron chi connectivity index (χ1n) is 5.37. The quantitative estimate of drug-likeness (QED) is 0.903. The van der Waals surface area contributed by atoms with Crippen LogP contribution in [0.3, 0.4) is 0 Å². The van der Waals surface area contributed by atoms with Gasteiger partial charge in [0.1, 0.15) is 10.4 Å². The summed E-state index contributed by atoms with van der Waals surface area (Å²) in [5.74, 6) is 0. The van der Waals surface area contributed by atoms with Crippen molar-refractivity contribution in [2.24, 2.45) is 0 Å². The lowest BCUT2D eigenvalue weighted by Crippen LogP contribution is -2.13. The topological polar surface area (TPSA) is 47.3 Å². The van der Waals surface area contributed by atoms with Crippen molar-refractivity contribution in [1.29, 1.82) is 0 Å². The molecule has 2 rings (SSSR count). The summed E-state index contributed by atoms with van der Waals surface area (Å²) in [6.45, 7) is 0.959. The average molecular weight is 342 g/mol. The molecule has 0 amide bonds. The Kier molecular flexibility index (Phi) is 5.11. The standard InChI is InChI=1S/C11H11Cl3N2O2S/c1-18-3-2-16-9(7(12)5-15-16)10(17)6-4-8(13)19-11(6)14/h4-5,10,17H,2-3H2,1H3. The second kappa shape index (κ2) is 6.43. The number of aromatic nitrogens is 2. The fourth-order valence-electron chi connectivity index (χ4n) is 1.69. The van der Waals surface area contributed by atoms with E-state index in [0.29, 0.717) is 38.1 Å². The van der Waals surface area contributed by atoms with Crippen molar-refractivity contribution in [3.8, 4) is 0 Å². The Labute approximate surface area is 129 Å². The number of hydrogen-bond acceptors (Lipinski definition) is 4. The Balaban J connectivity index is 2.35. The van der Waals surface area contributed by atoms with E-state index in [1.54, 1.807) is 17.9 Å². The normalized spacial score (nSPS) is 12.9. The molecule has 1 atom stereocenters. The van der Waals surface area contributed by atoms with Gasteiger partial charge in [0, 0.05) is 12.7 Å². The van der Waals surface area contributed by atoms with E-state index in [2.05, 4.69) is 5.10 Å². The molecule has 0 fully saturated rings. The Bertz CT molecular complexity index is 570. The van der Waals surface area contributed by atoms with Gasteiger partial charge in [-0.1, -0.05) is 34.8 Å². The van der Waals surface area contributed by atoms with E-state index >= 15 is 0 Å². The highest BCUT2D eigenvalue weighted by Gasteiger charge is 2.23. The molecule has 19 heavy (non-hydrogen) atoms. The van der Waals surface area contributed by atoms with Crippen molar-refractivity contribution in [1.82, 2.24) is 9.78 Å². The largest absolute Gasteiger partial charge is 0.383 e. The van der Waals surface area contributed by atoms with Crippen LogP contribution in [-0.2, 0) is 11.3 Å². The van der Waals surface area contributed by atoms with Crippen LogP contribution in [-0.4, -0.2) is 28.6 Å². The molecule has 0 spiro atoms. The highest BCUT2D eigenvalue weighted by molar-refractivity contribution is 7.20. The van der Waals surface area contributed by atoms with E-state index in [0.717, 1.165) is 0 Å². The lowest BCUT2D eigenvalue weighted by atomic mass is 10.1. The molecule has 4 nitrogen and oxygen atoms in total. The molecule has 2 aromatic heterocycles. The predicted molar refractivity (Wildman–Crippen MR) is 77.5 cm³/mol. The molecule has 2 aromatic rings. The molecular weight excluding hydrogens is 331 g/mol. The molecule has 0 aromatic carbocycles. The van der Waals surface area contributed by atoms with Gasteiger partial charge in [0.25, 0.3) is 0 Å². The molecule has 2 heterocycles. The average Bonchev–Trinajstić information content (AvgIpc) is 2.89. The van der Waals surface area contributed by atoms with E-state index in [-0.39, 0.29) is 0 Å². The van der Waals surface area contributed by atoms with Crippen LogP contribution in [0, 0.1) is 0 Å². The zero-order chi connectivity index (χ0) is 14.0. The number of nitrogens with zero attached hydrogens (tertiary/aromatic N) is 2. The first-order valence-corrected chi connectivity index (χ1v) is 7.32. The first kappa shape index (κ1) is 15.1. The van der Waals surface area contributed by atoms with E-state index < -0.39 is 6.10 Å². The van der Waals surface area contributed by atoms with Crippen LogP contribution in [0.4, 0.5) is 0 Å². The maximum atomic E-state index is 10.4. The third-order valence-electron chi connectivity index (χ3n) is 2.58. The highest BCUT2D eigenvalue weighted by Crippen LogP contribution is 2.38. The van der Waals surface area contributed by atoms with Crippen molar-refractivity contribution in [3.05, 3.63) is 37.2 Å². The maximum Gasteiger partial charge on any atom is 0.124 e. The minimum absolute atomic E-state index is 0.377. The van der Waals surface area contributed by atoms with E-state index in [4.69, 9.17) is 39.5 Å². The third kappa shape index (κ3) is 3.24. The highest BCUT2D eigenvalue weighted by atomic mass is 35.5. The number of halogens is 3. The zero-order valence-corrected chi connectivity index (χ0v) is 13.0. The van der Waals surface area contributed by atoms with Crippen molar-refractivity contribution >= 4 is 46.1 Å². The van der Waals surface area contributed by atoms with Gasteiger partial charge in [-0.05, 0) is 6.07 Å². The van der Waals surface area contributed by atoms with Gasteiger partial charge in [0.2, 0.25) is 0 Å². The summed E-state index contributed by atoms with van der Waals surface area (Å²) in [4.78, 5) is 0. The van der Waals surface area contributed by atoms with Gasteiger partial charge in [-0.2, -0.15) is 5.10 Å². The second-order valence-corrected chi connectivity index (χ2v) is 6.47. The number of ether oxygens (including phenoxy) is 1. The summed E-state index contributed by atoms with van der Waals surface area (Å²) in [5.41, 5.74) is 1.01. The van der Waals surface area contributed by atoms with Crippen molar-refractivity contribution in [2.45, 2.75) is 12.6 Å². The zero-order valence-electron chi connectivity index (χ0n) is 9.94. The SMILES string of the molecule is COCCn1ncc(Cl)c1C(O)c1cc(Cl)sc1Cl. The molecule has 1 unspecified atom stereocenters. The summed E-state index contributed by atoms with van der Waals surface area (Å²) >= 11 is 19.2. The van der Waals surface area contributed by atoms with Gasteiger partial charge in [-0.25, -0.2) is 0 Å². The van der Waals surface area contributed by atoms with Gasteiger partial charge in [0.15, 0.2) is 0 Å². The smallest absolute Gasteiger partial charge is 0.124 e. The first-order chi connectivity index (χ1) is 9.04. The molecule has 0 saturated heterocycles. The summed E-state index contributed by atoms with van der Waals surface area (Å²) in [5, 5.41) is 14.9. The van der Waals surface area contributed by atoms with Gasteiger partial charge in [-0.3, -0.25) is 4.68 Å². The Morgan fingerprint density at radius 1 is 1.47 bits per heavy atom. The third-order valence-corrected chi connectivity index (χ3v) is 4.39. The van der Waals surface area contributed by atoms with Crippen LogP contribution in [0.5, 0.6) is 0 Å². The molecule has 0 aliphatic carbocycles. The minimum Gasteiger partial charge on any atom is -0.383 e. The molecule has 8 heteroatoms. The van der Waals surface area contributed by atoms with Crippen molar-refractivity contribution in [3.63, 3.8) is 0 Å². The summed E-state index contributed by atoms with van der Waals surface area (Å²) in [6.07, 6.45) is 0.514. The molecular formula is C11H11Cl3N2O2S. The van der Waals surface area contributed by atoms with Crippen LogP contribution in [0.15, 0.2) is 12.3 Å². The fourth-order valence-corrected chi connectivity index (χ4v) is 3.45. The van der Waals surface area contributed by atoms with Crippen LogP contribution >= 0.6 is 46.1 Å². The van der Waals surface area contributed by atoms with Gasteiger partial charge >= 0.3 is 0 Å². The number of thiophene rings is 1. The van der Waals surface area contributed by atoms with E-state index in [9.17, 15) is 5.11 Å². The minimum atomic E-state index is -0.969. The predicted octanol–water partition coefficient (Wildman–Crippen LogP) is 3.63. The van der Waals surface area contributed by atoms with E-state index in [1.807, 2.05) is 0 Å².